The fraction of sp³-hybridized carbons (Fsp3) is 0.188. The molecule has 0 spiro atoms. The SMILES string of the molecule is O=C(c1cccc(F)c1)N(CCCl)Cc1ccccc1. The van der Waals surface area contributed by atoms with Gasteiger partial charge in [-0.1, -0.05) is 36.4 Å². The zero-order chi connectivity index (χ0) is 14.4. The van der Waals surface area contributed by atoms with Crippen LogP contribution >= 0.6 is 11.6 Å². The number of alkyl halides is 1. The molecule has 4 heteroatoms. The Morgan fingerprint density at radius 2 is 1.85 bits per heavy atom. The van der Waals surface area contributed by atoms with E-state index in [0.717, 1.165) is 5.56 Å². The average Bonchev–Trinajstić information content (AvgIpc) is 2.47. The van der Waals surface area contributed by atoms with E-state index in [-0.39, 0.29) is 5.91 Å². The highest BCUT2D eigenvalue weighted by Gasteiger charge is 2.16. The number of nitrogens with zero attached hydrogens (tertiary/aromatic N) is 1. The molecule has 20 heavy (non-hydrogen) atoms. The van der Waals surface area contributed by atoms with Crippen LogP contribution in [0.5, 0.6) is 0 Å². The van der Waals surface area contributed by atoms with Crippen LogP contribution in [0, 0.1) is 5.82 Å². The summed E-state index contributed by atoms with van der Waals surface area (Å²) in [5, 5.41) is 0. The van der Waals surface area contributed by atoms with Gasteiger partial charge in [0.05, 0.1) is 0 Å². The second-order valence-corrected chi connectivity index (χ2v) is 4.79. The van der Waals surface area contributed by atoms with Crippen molar-refractivity contribution in [3.05, 3.63) is 71.5 Å². The van der Waals surface area contributed by atoms with Crippen molar-refractivity contribution in [2.75, 3.05) is 12.4 Å². The van der Waals surface area contributed by atoms with Gasteiger partial charge in [0.25, 0.3) is 5.91 Å². The summed E-state index contributed by atoms with van der Waals surface area (Å²) >= 11 is 5.76. The first-order valence-electron chi connectivity index (χ1n) is 6.35. The highest BCUT2D eigenvalue weighted by atomic mass is 35.5. The summed E-state index contributed by atoms with van der Waals surface area (Å²) in [6.07, 6.45) is 0. The molecule has 104 valence electrons. The van der Waals surface area contributed by atoms with E-state index in [0.29, 0.717) is 24.5 Å². The Morgan fingerprint density at radius 1 is 1.10 bits per heavy atom. The lowest BCUT2D eigenvalue weighted by atomic mass is 10.1. The number of hydrogen-bond donors (Lipinski definition) is 0. The molecule has 2 rings (SSSR count). The number of halogens is 2. The van der Waals surface area contributed by atoms with Gasteiger partial charge in [-0.25, -0.2) is 4.39 Å². The summed E-state index contributed by atoms with van der Waals surface area (Å²) in [5.74, 6) is -0.288. The van der Waals surface area contributed by atoms with E-state index in [1.807, 2.05) is 30.3 Å². The average molecular weight is 292 g/mol. The fourth-order valence-electron chi connectivity index (χ4n) is 1.96. The minimum Gasteiger partial charge on any atom is -0.333 e. The van der Waals surface area contributed by atoms with Crippen LogP contribution in [0.2, 0.25) is 0 Å². The number of hydrogen-bond acceptors (Lipinski definition) is 1. The van der Waals surface area contributed by atoms with E-state index in [1.165, 1.54) is 18.2 Å². The van der Waals surface area contributed by atoms with Gasteiger partial charge in [-0.3, -0.25) is 4.79 Å². The zero-order valence-corrected chi connectivity index (χ0v) is 11.7. The second-order valence-electron chi connectivity index (χ2n) is 4.41. The quantitative estimate of drug-likeness (QED) is 0.769. The Labute approximate surface area is 122 Å². The van der Waals surface area contributed by atoms with Gasteiger partial charge in [-0.2, -0.15) is 0 Å². The predicted octanol–water partition coefficient (Wildman–Crippen LogP) is 3.71. The molecule has 0 aliphatic rings. The van der Waals surface area contributed by atoms with Crippen LogP contribution in [0.4, 0.5) is 4.39 Å². The molecular formula is C16H15ClFNO. The standard InChI is InChI=1S/C16H15ClFNO/c17-9-10-19(12-13-5-2-1-3-6-13)16(20)14-7-4-8-15(18)11-14/h1-8,11H,9-10,12H2. The summed E-state index contributed by atoms with van der Waals surface area (Å²) in [4.78, 5) is 14.0. The van der Waals surface area contributed by atoms with Crippen molar-refractivity contribution in [2.24, 2.45) is 0 Å². The van der Waals surface area contributed by atoms with E-state index in [1.54, 1.807) is 11.0 Å². The molecule has 0 unspecified atom stereocenters. The lowest BCUT2D eigenvalue weighted by Gasteiger charge is -2.22. The molecule has 0 aliphatic carbocycles. The van der Waals surface area contributed by atoms with Gasteiger partial charge in [0.15, 0.2) is 0 Å². The molecule has 0 N–H and O–H groups in total. The largest absolute Gasteiger partial charge is 0.333 e. The number of benzene rings is 2. The minimum atomic E-state index is -0.415. The van der Waals surface area contributed by atoms with Crippen molar-refractivity contribution in [1.82, 2.24) is 4.90 Å². The molecule has 0 aliphatic heterocycles. The molecule has 0 atom stereocenters. The Kier molecular flexibility index (Phi) is 5.13. The molecule has 1 amide bonds. The molecule has 0 saturated heterocycles. The number of amides is 1. The Morgan fingerprint density at radius 3 is 2.50 bits per heavy atom. The topological polar surface area (TPSA) is 20.3 Å². The van der Waals surface area contributed by atoms with Gasteiger partial charge in [-0.15, -0.1) is 11.6 Å². The van der Waals surface area contributed by atoms with Gasteiger partial charge >= 0.3 is 0 Å². The molecule has 0 radical (unpaired) electrons. The molecule has 0 aromatic heterocycles. The first kappa shape index (κ1) is 14.5. The van der Waals surface area contributed by atoms with Crippen LogP contribution in [-0.4, -0.2) is 23.2 Å². The van der Waals surface area contributed by atoms with Crippen molar-refractivity contribution >= 4 is 17.5 Å². The predicted molar refractivity (Wildman–Crippen MR) is 78.3 cm³/mol. The molecule has 0 bridgehead atoms. The maximum atomic E-state index is 13.2. The normalized spacial score (nSPS) is 10.3. The second kappa shape index (κ2) is 7.06. The van der Waals surface area contributed by atoms with E-state index >= 15 is 0 Å². The fourth-order valence-corrected chi connectivity index (χ4v) is 2.17. The van der Waals surface area contributed by atoms with E-state index in [9.17, 15) is 9.18 Å². The molecule has 0 saturated carbocycles. The lowest BCUT2D eigenvalue weighted by molar-refractivity contribution is 0.0753. The van der Waals surface area contributed by atoms with Crippen molar-refractivity contribution < 1.29 is 9.18 Å². The molecule has 0 fully saturated rings. The highest BCUT2D eigenvalue weighted by molar-refractivity contribution is 6.18. The van der Waals surface area contributed by atoms with Gasteiger partial charge in [0, 0.05) is 24.5 Å². The van der Waals surface area contributed by atoms with E-state index < -0.39 is 5.82 Å². The van der Waals surface area contributed by atoms with Gasteiger partial charge in [0.2, 0.25) is 0 Å². The van der Waals surface area contributed by atoms with Crippen LogP contribution in [-0.2, 0) is 6.54 Å². The number of rotatable bonds is 5. The van der Waals surface area contributed by atoms with Crippen molar-refractivity contribution in [1.29, 1.82) is 0 Å². The summed E-state index contributed by atoms with van der Waals surface area (Å²) in [6.45, 7) is 0.884. The van der Waals surface area contributed by atoms with Crippen LogP contribution in [0.3, 0.4) is 0 Å². The van der Waals surface area contributed by atoms with Crippen LogP contribution in [0.15, 0.2) is 54.6 Å². The lowest BCUT2D eigenvalue weighted by Crippen LogP contribution is -2.32. The summed E-state index contributed by atoms with van der Waals surface area (Å²) in [6, 6.07) is 15.3. The third-order valence-corrected chi connectivity index (χ3v) is 3.10. The van der Waals surface area contributed by atoms with Gasteiger partial charge in [-0.05, 0) is 23.8 Å². The van der Waals surface area contributed by atoms with Crippen molar-refractivity contribution in [3.63, 3.8) is 0 Å². The Hall–Kier alpha value is -1.87. The van der Waals surface area contributed by atoms with E-state index in [2.05, 4.69) is 0 Å². The summed E-state index contributed by atoms with van der Waals surface area (Å²) < 4.78 is 13.2. The molecule has 2 aromatic rings. The van der Waals surface area contributed by atoms with Crippen LogP contribution in [0.1, 0.15) is 15.9 Å². The third-order valence-electron chi connectivity index (χ3n) is 2.93. The van der Waals surface area contributed by atoms with Crippen LogP contribution < -0.4 is 0 Å². The Balaban J connectivity index is 2.18. The summed E-state index contributed by atoms with van der Waals surface area (Å²) in [7, 11) is 0. The maximum Gasteiger partial charge on any atom is 0.254 e. The first-order chi connectivity index (χ1) is 9.70. The van der Waals surface area contributed by atoms with Crippen molar-refractivity contribution in [2.45, 2.75) is 6.54 Å². The van der Waals surface area contributed by atoms with Crippen molar-refractivity contribution in [3.8, 4) is 0 Å². The molecular weight excluding hydrogens is 277 g/mol. The zero-order valence-electron chi connectivity index (χ0n) is 10.9. The number of carbonyl (C=O) groups is 1. The van der Waals surface area contributed by atoms with E-state index in [4.69, 9.17) is 11.6 Å². The van der Waals surface area contributed by atoms with Gasteiger partial charge in [0.1, 0.15) is 5.82 Å². The van der Waals surface area contributed by atoms with Gasteiger partial charge < -0.3 is 4.90 Å². The maximum absolute atomic E-state index is 13.2. The molecule has 2 nitrogen and oxygen atoms in total. The number of carbonyl (C=O) groups excluding carboxylic acids is 1. The molecule has 0 heterocycles. The Bertz CT molecular complexity index is 574. The minimum absolute atomic E-state index is 0.214. The smallest absolute Gasteiger partial charge is 0.254 e. The highest BCUT2D eigenvalue weighted by Crippen LogP contribution is 2.11. The first-order valence-corrected chi connectivity index (χ1v) is 6.89. The van der Waals surface area contributed by atoms with Crippen LogP contribution in [0.25, 0.3) is 0 Å². The summed E-state index contributed by atoms with van der Waals surface area (Å²) in [5.41, 5.74) is 1.36. The monoisotopic (exact) mass is 291 g/mol. The third kappa shape index (κ3) is 3.81. The molecule has 2 aromatic carbocycles.